The normalized spacial score (nSPS) is 16.4. The first kappa shape index (κ1) is 18.2. The number of carbonyl (C=O) groups excluding carboxylic acids is 1. The van der Waals surface area contributed by atoms with Gasteiger partial charge in [-0.3, -0.25) is 0 Å². The summed E-state index contributed by atoms with van der Waals surface area (Å²) in [6, 6.07) is 3.92. The highest BCUT2D eigenvalue weighted by molar-refractivity contribution is 9.10. The summed E-state index contributed by atoms with van der Waals surface area (Å²) in [6.07, 6.45) is 3.47. The first-order chi connectivity index (χ1) is 10.8. The SMILES string of the molecule is CC(C)(C)OC(=O)N1CCC(COCc2ccnc(Br)c2)CC1. The van der Waals surface area contributed by atoms with Gasteiger partial charge < -0.3 is 14.4 Å². The molecule has 1 saturated heterocycles. The molecule has 2 heterocycles. The second-order valence-corrected chi connectivity index (χ2v) is 7.73. The Kier molecular flexibility index (Phi) is 6.41. The van der Waals surface area contributed by atoms with Gasteiger partial charge in [-0.2, -0.15) is 0 Å². The third-order valence-electron chi connectivity index (χ3n) is 3.68. The van der Waals surface area contributed by atoms with Crippen LogP contribution in [0.15, 0.2) is 22.9 Å². The van der Waals surface area contributed by atoms with Crippen LogP contribution in [0.5, 0.6) is 0 Å². The monoisotopic (exact) mass is 384 g/mol. The van der Waals surface area contributed by atoms with Gasteiger partial charge in [0.05, 0.1) is 6.61 Å². The summed E-state index contributed by atoms with van der Waals surface area (Å²) in [5, 5.41) is 0. The van der Waals surface area contributed by atoms with Crippen molar-refractivity contribution in [1.82, 2.24) is 9.88 Å². The zero-order valence-electron chi connectivity index (χ0n) is 14.0. The van der Waals surface area contributed by atoms with E-state index in [1.807, 2.05) is 32.9 Å². The Balaban J connectivity index is 1.68. The highest BCUT2D eigenvalue weighted by Gasteiger charge is 2.26. The van der Waals surface area contributed by atoms with Crippen LogP contribution in [-0.2, 0) is 16.1 Å². The fourth-order valence-electron chi connectivity index (χ4n) is 2.48. The molecule has 128 valence electrons. The predicted octanol–water partition coefficient (Wildman–Crippen LogP) is 4.01. The Bertz CT molecular complexity index is 523. The van der Waals surface area contributed by atoms with Gasteiger partial charge >= 0.3 is 6.09 Å². The molecule has 0 atom stereocenters. The second kappa shape index (κ2) is 8.11. The standard InChI is InChI=1S/C17H25BrN2O3/c1-17(2,3)23-16(21)20-8-5-13(6-9-20)11-22-12-14-4-7-19-15(18)10-14/h4,7,10,13H,5-6,8-9,11-12H2,1-3H3. The number of aromatic nitrogens is 1. The maximum Gasteiger partial charge on any atom is 0.410 e. The van der Waals surface area contributed by atoms with E-state index in [0.29, 0.717) is 12.5 Å². The highest BCUT2D eigenvalue weighted by atomic mass is 79.9. The maximum atomic E-state index is 12.0. The summed E-state index contributed by atoms with van der Waals surface area (Å²) in [4.78, 5) is 17.9. The minimum absolute atomic E-state index is 0.210. The number of ether oxygens (including phenoxy) is 2. The van der Waals surface area contributed by atoms with Crippen LogP contribution in [0.3, 0.4) is 0 Å². The van der Waals surface area contributed by atoms with Crippen LogP contribution >= 0.6 is 15.9 Å². The van der Waals surface area contributed by atoms with Crippen molar-refractivity contribution in [3.05, 3.63) is 28.5 Å². The van der Waals surface area contributed by atoms with Crippen LogP contribution in [0.1, 0.15) is 39.2 Å². The van der Waals surface area contributed by atoms with E-state index < -0.39 is 5.60 Å². The van der Waals surface area contributed by atoms with Crippen LogP contribution < -0.4 is 0 Å². The molecule has 1 aliphatic rings. The van der Waals surface area contributed by atoms with Crippen molar-refractivity contribution in [2.24, 2.45) is 5.92 Å². The second-order valence-electron chi connectivity index (χ2n) is 6.91. The van der Waals surface area contributed by atoms with Crippen molar-refractivity contribution in [3.8, 4) is 0 Å². The smallest absolute Gasteiger partial charge is 0.410 e. The lowest BCUT2D eigenvalue weighted by molar-refractivity contribution is 0.0105. The quantitative estimate of drug-likeness (QED) is 0.735. The largest absolute Gasteiger partial charge is 0.444 e. The van der Waals surface area contributed by atoms with Crippen molar-refractivity contribution in [2.45, 2.75) is 45.8 Å². The minimum Gasteiger partial charge on any atom is -0.444 e. The number of pyridine rings is 1. The summed E-state index contributed by atoms with van der Waals surface area (Å²) in [7, 11) is 0. The van der Waals surface area contributed by atoms with Crippen LogP contribution in [0.4, 0.5) is 4.79 Å². The molecule has 0 N–H and O–H groups in total. The molecule has 0 aromatic carbocycles. The molecule has 5 nitrogen and oxygen atoms in total. The minimum atomic E-state index is -0.435. The summed E-state index contributed by atoms with van der Waals surface area (Å²) in [6.45, 7) is 8.47. The fourth-order valence-corrected chi connectivity index (χ4v) is 2.90. The third kappa shape index (κ3) is 6.47. The molecule has 0 radical (unpaired) electrons. The van der Waals surface area contributed by atoms with Crippen molar-refractivity contribution in [3.63, 3.8) is 0 Å². The number of piperidine rings is 1. The highest BCUT2D eigenvalue weighted by Crippen LogP contribution is 2.20. The molecule has 0 spiro atoms. The fraction of sp³-hybridized carbons (Fsp3) is 0.647. The Morgan fingerprint density at radius 1 is 1.39 bits per heavy atom. The summed E-state index contributed by atoms with van der Waals surface area (Å²) in [5.41, 5.74) is 0.675. The van der Waals surface area contributed by atoms with E-state index in [1.54, 1.807) is 11.1 Å². The molecule has 0 unspecified atom stereocenters. The average molecular weight is 385 g/mol. The molecule has 0 aliphatic carbocycles. The maximum absolute atomic E-state index is 12.0. The third-order valence-corrected chi connectivity index (χ3v) is 4.11. The van der Waals surface area contributed by atoms with Gasteiger partial charge in [-0.25, -0.2) is 9.78 Å². The van der Waals surface area contributed by atoms with Gasteiger partial charge in [-0.05, 0) is 73.2 Å². The van der Waals surface area contributed by atoms with E-state index in [4.69, 9.17) is 9.47 Å². The van der Waals surface area contributed by atoms with Gasteiger partial charge in [0.15, 0.2) is 0 Å². The lowest BCUT2D eigenvalue weighted by Crippen LogP contribution is -2.42. The Morgan fingerprint density at radius 3 is 2.70 bits per heavy atom. The van der Waals surface area contributed by atoms with Gasteiger partial charge in [0.2, 0.25) is 0 Å². The van der Waals surface area contributed by atoms with Crippen LogP contribution in [0.25, 0.3) is 0 Å². The Hall–Kier alpha value is -1.14. The molecule has 1 fully saturated rings. The van der Waals surface area contributed by atoms with Gasteiger partial charge in [-0.1, -0.05) is 0 Å². The van der Waals surface area contributed by atoms with Crippen LogP contribution in [-0.4, -0.2) is 41.3 Å². The van der Waals surface area contributed by atoms with E-state index >= 15 is 0 Å². The van der Waals surface area contributed by atoms with E-state index in [9.17, 15) is 4.79 Å². The molecular formula is C17H25BrN2O3. The molecule has 6 heteroatoms. The summed E-state index contributed by atoms with van der Waals surface area (Å²) in [5.74, 6) is 0.499. The van der Waals surface area contributed by atoms with E-state index in [1.165, 1.54) is 0 Å². The van der Waals surface area contributed by atoms with Crippen molar-refractivity contribution < 1.29 is 14.3 Å². The topological polar surface area (TPSA) is 51.7 Å². The van der Waals surface area contributed by atoms with E-state index in [-0.39, 0.29) is 6.09 Å². The Labute approximate surface area is 146 Å². The predicted molar refractivity (Wildman–Crippen MR) is 92.1 cm³/mol. The van der Waals surface area contributed by atoms with E-state index in [0.717, 1.165) is 42.7 Å². The zero-order valence-corrected chi connectivity index (χ0v) is 15.6. The van der Waals surface area contributed by atoms with E-state index in [2.05, 4.69) is 20.9 Å². The van der Waals surface area contributed by atoms with Crippen molar-refractivity contribution >= 4 is 22.0 Å². The first-order valence-electron chi connectivity index (χ1n) is 7.99. The number of halogens is 1. The van der Waals surface area contributed by atoms with Gasteiger partial charge in [0.1, 0.15) is 10.2 Å². The van der Waals surface area contributed by atoms with Crippen molar-refractivity contribution in [2.75, 3.05) is 19.7 Å². The molecule has 1 aromatic heterocycles. The lowest BCUT2D eigenvalue weighted by atomic mass is 9.98. The number of likely N-dealkylation sites (tertiary alicyclic amines) is 1. The average Bonchev–Trinajstić information content (AvgIpc) is 2.46. The van der Waals surface area contributed by atoms with Crippen molar-refractivity contribution in [1.29, 1.82) is 0 Å². The molecule has 0 bridgehead atoms. The van der Waals surface area contributed by atoms with Crippen LogP contribution in [0, 0.1) is 5.92 Å². The molecule has 1 aromatic rings. The molecule has 0 saturated carbocycles. The summed E-state index contributed by atoms with van der Waals surface area (Å²) >= 11 is 3.36. The molecule has 2 rings (SSSR count). The molecule has 23 heavy (non-hydrogen) atoms. The number of hydrogen-bond donors (Lipinski definition) is 0. The van der Waals surface area contributed by atoms with Gasteiger partial charge in [0.25, 0.3) is 0 Å². The Morgan fingerprint density at radius 2 is 2.09 bits per heavy atom. The molecular weight excluding hydrogens is 360 g/mol. The zero-order chi connectivity index (χ0) is 16.9. The number of carbonyl (C=O) groups is 1. The number of amides is 1. The molecule has 1 aliphatic heterocycles. The van der Waals surface area contributed by atoms with Gasteiger partial charge in [-0.15, -0.1) is 0 Å². The number of nitrogens with zero attached hydrogens (tertiary/aromatic N) is 2. The van der Waals surface area contributed by atoms with Gasteiger partial charge in [0, 0.05) is 25.9 Å². The number of hydrogen-bond acceptors (Lipinski definition) is 4. The van der Waals surface area contributed by atoms with Crippen LogP contribution in [0.2, 0.25) is 0 Å². The number of rotatable bonds is 4. The molecule has 1 amide bonds. The summed E-state index contributed by atoms with van der Waals surface area (Å²) < 4.78 is 12.0. The lowest BCUT2D eigenvalue weighted by Gasteiger charge is -2.33. The first-order valence-corrected chi connectivity index (χ1v) is 8.79.